The largest absolute Gasteiger partial charge is 0.274 e. The second-order valence-corrected chi connectivity index (χ2v) is 7.63. The fourth-order valence-electron chi connectivity index (χ4n) is 2.80. The number of hydrogen-bond acceptors (Lipinski definition) is 7. The second kappa shape index (κ2) is 7.16. The van der Waals surface area contributed by atoms with Crippen LogP contribution < -0.4 is 4.72 Å². The maximum absolute atomic E-state index is 12.6. The van der Waals surface area contributed by atoms with E-state index in [4.69, 9.17) is 0 Å². The van der Waals surface area contributed by atoms with Crippen molar-refractivity contribution in [2.75, 3.05) is 0 Å². The lowest BCUT2D eigenvalue weighted by molar-refractivity contribution is -0.118. The van der Waals surface area contributed by atoms with Crippen molar-refractivity contribution in [2.24, 2.45) is 0 Å². The van der Waals surface area contributed by atoms with E-state index in [9.17, 15) is 13.2 Å². The van der Waals surface area contributed by atoms with Gasteiger partial charge in [-0.15, -0.1) is 5.10 Å². The Labute approximate surface area is 160 Å². The maximum atomic E-state index is 12.6. The van der Waals surface area contributed by atoms with Crippen LogP contribution in [0.3, 0.4) is 0 Å². The van der Waals surface area contributed by atoms with E-state index < -0.39 is 15.9 Å². The number of pyridine rings is 1. The van der Waals surface area contributed by atoms with Gasteiger partial charge in [0, 0.05) is 11.6 Å². The number of hydrogen-bond donors (Lipinski definition) is 1. The van der Waals surface area contributed by atoms with Crippen molar-refractivity contribution >= 4 is 26.8 Å². The summed E-state index contributed by atoms with van der Waals surface area (Å²) in [6.07, 6.45) is 2.86. The molecule has 4 aromatic rings. The molecule has 2 heterocycles. The Balaban J connectivity index is 1.56. The van der Waals surface area contributed by atoms with Gasteiger partial charge in [-0.25, -0.2) is 17.8 Å². The number of para-hydroxylation sites is 1. The van der Waals surface area contributed by atoms with Gasteiger partial charge in [0.15, 0.2) is 0 Å². The first kappa shape index (κ1) is 17.7. The van der Waals surface area contributed by atoms with Crippen LogP contribution in [0.15, 0.2) is 72.0 Å². The average molecular weight is 394 g/mol. The molecule has 0 saturated heterocycles. The van der Waals surface area contributed by atoms with E-state index in [0.717, 1.165) is 5.39 Å². The molecule has 0 aliphatic heterocycles. The first-order chi connectivity index (χ1) is 13.5. The minimum absolute atomic E-state index is 0.0649. The highest BCUT2D eigenvalue weighted by Gasteiger charge is 2.19. The number of tetrazole rings is 1. The number of carbonyl (C=O) groups excluding carboxylic acids is 1. The zero-order chi connectivity index (χ0) is 19.6. The SMILES string of the molecule is O=C(Cc1cccc2cccnc12)NS(=O)(=O)c1cccc(-n2cnnn2)c1. The average Bonchev–Trinajstić information content (AvgIpc) is 3.23. The summed E-state index contributed by atoms with van der Waals surface area (Å²) in [5.74, 6) is -0.647. The van der Waals surface area contributed by atoms with E-state index in [1.807, 2.05) is 12.1 Å². The molecule has 0 unspecified atom stereocenters. The molecule has 1 N–H and O–H groups in total. The molecule has 0 fully saturated rings. The minimum atomic E-state index is -4.05. The molecule has 0 aliphatic carbocycles. The molecule has 0 bridgehead atoms. The van der Waals surface area contributed by atoms with Gasteiger partial charge in [0.25, 0.3) is 10.0 Å². The quantitative estimate of drug-likeness (QED) is 0.541. The van der Waals surface area contributed by atoms with Crippen LogP contribution >= 0.6 is 0 Å². The smallest absolute Gasteiger partial charge is 0.264 e. The van der Waals surface area contributed by atoms with E-state index >= 15 is 0 Å². The van der Waals surface area contributed by atoms with Crippen LogP contribution in [0.4, 0.5) is 0 Å². The molecule has 2 aromatic carbocycles. The Morgan fingerprint density at radius 1 is 1.07 bits per heavy atom. The van der Waals surface area contributed by atoms with Crippen LogP contribution in [0, 0.1) is 0 Å². The van der Waals surface area contributed by atoms with Gasteiger partial charge in [0.2, 0.25) is 5.91 Å². The third-order valence-corrected chi connectivity index (χ3v) is 5.43. The van der Waals surface area contributed by atoms with Gasteiger partial charge in [0.1, 0.15) is 6.33 Å². The predicted molar refractivity (Wildman–Crippen MR) is 99.9 cm³/mol. The molecule has 0 aliphatic rings. The summed E-state index contributed by atoms with van der Waals surface area (Å²) in [5.41, 5.74) is 1.77. The van der Waals surface area contributed by atoms with Crippen molar-refractivity contribution < 1.29 is 13.2 Å². The van der Waals surface area contributed by atoms with Crippen molar-refractivity contribution in [3.05, 3.63) is 72.7 Å². The Bertz CT molecular complexity index is 1250. The lowest BCUT2D eigenvalue weighted by Crippen LogP contribution is -2.32. The summed E-state index contributed by atoms with van der Waals surface area (Å²) >= 11 is 0. The number of carbonyl (C=O) groups is 1. The molecule has 140 valence electrons. The third-order valence-electron chi connectivity index (χ3n) is 4.06. The Hall–Kier alpha value is -3.66. The topological polar surface area (TPSA) is 120 Å². The van der Waals surface area contributed by atoms with Crippen molar-refractivity contribution in [1.82, 2.24) is 29.9 Å². The zero-order valence-electron chi connectivity index (χ0n) is 14.4. The van der Waals surface area contributed by atoms with Gasteiger partial charge in [-0.1, -0.05) is 30.3 Å². The van der Waals surface area contributed by atoms with Crippen molar-refractivity contribution in [3.63, 3.8) is 0 Å². The molecule has 9 nitrogen and oxygen atoms in total. The van der Waals surface area contributed by atoms with E-state index in [-0.39, 0.29) is 11.3 Å². The minimum Gasteiger partial charge on any atom is -0.274 e. The summed E-state index contributed by atoms with van der Waals surface area (Å²) in [4.78, 5) is 16.6. The summed E-state index contributed by atoms with van der Waals surface area (Å²) < 4.78 is 28.6. The van der Waals surface area contributed by atoms with Crippen LogP contribution in [0.5, 0.6) is 0 Å². The first-order valence-electron chi connectivity index (χ1n) is 8.25. The molecular weight excluding hydrogens is 380 g/mol. The Morgan fingerprint density at radius 3 is 2.71 bits per heavy atom. The van der Waals surface area contributed by atoms with Gasteiger partial charge in [0.05, 0.1) is 22.5 Å². The maximum Gasteiger partial charge on any atom is 0.264 e. The molecule has 0 spiro atoms. The summed E-state index contributed by atoms with van der Waals surface area (Å²) in [5, 5.41) is 11.6. The standard InChI is InChI=1S/C18H14N6O3S/c25-17(10-14-5-1-4-13-6-3-9-19-18(13)14)21-28(26,27)16-8-2-7-15(11-16)24-12-20-22-23-24/h1-9,11-12H,10H2,(H,21,25). The van der Waals surface area contributed by atoms with Gasteiger partial charge < -0.3 is 0 Å². The number of nitrogens with zero attached hydrogens (tertiary/aromatic N) is 5. The van der Waals surface area contributed by atoms with E-state index in [0.29, 0.717) is 16.8 Å². The fraction of sp³-hybridized carbons (Fsp3) is 0.0556. The Kier molecular flexibility index (Phi) is 4.53. The summed E-state index contributed by atoms with van der Waals surface area (Å²) in [6, 6.07) is 15.1. The highest BCUT2D eigenvalue weighted by molar-refractivity contribution is 7.90. The number of amides is 1. The summed E-state index contributed by atoms with van der Waals surface area (Å²) in [6.45, 7) is 0. The molecular formula is C18H14N6O3S. The predicted octanol–water partition coefficient (Wildman–Crippen LogP) is 1.26. The number of fused-ring (bicyclic) bond motifs is 1. The van der Waals surface area contributed by atoms with Crippen LogP contribution in [-0.4, -0.2) is 39.5 Å². The highest BCUT2D eigenvalue weighted by atomic mass is 32.2. The zero-order valence-corrected chi connectivity index (χ0v) is 15.2. The normalized spacial score (nSPS) is 11.4. The molecule has 2 aromatic heterocycles. The van der Waals surface area contributed by atoms with Crippen LogP contribution in [0.1, 0.15) is 5.56 Å². The number of aromatic nitrogens is 5. The lowest BCUT2D eigenvalue weighted by Gasteiger charge is -2.09. The van der Waals surface area contributed by atoms with Gasteiger partial charge in [-0.05, 0) is 40.3 Å². The third kappa shape index (κ3) is 3.58. The van der Waals surface area contributed by atoms with Crippen molar-refractivity contribution in [2.45, 2.75) is 11.3 Å². The fourth-order valence-corrected chi connectivity index (χ4v) is 3.82. The number of rotatable bonds is 5. The number of sulfonamides is 1. The van der Waals surface area contributed by atoms with Crippen LogP contribution in [0.25, 0.3) is 16.6 Å². The molecule has 0 radical (unpaired) electrons. The van der Waals surface area contributed by atoms with Crippen LogP contribution in [0.2, 0.25) is 0 Å². The molecule has 10 heteroatoms. The second-order valence-electron chi connectivity index (χ2n) is 5.95. The van der Waals surface area contributed by atoms with E-state index in [1.165, 1.54) is 23.1 Å². The van der Waals surface area contributed by atoms with Crippen molar-refractivity contribution in [3.8, 4) is 5.69 Å². The molecule has 0 saturated carbocycles. The van der Waals surface area contributed by atoms with Crippen molar-refractivity contribution in [1.29, 1.82) is 0 Å². The lowest BCUT2D eigenvalue weighted by atomic mass is 10.1. The van der Waals surface area contributed by atoms with Gasteiger partial charge in [-0.2, -0.15) is 0 Å². The monoisotopic (exact) mass is 394 g/mol. The molecule has 4 rings (SSSR count). The molecule has 1 amide bonds. The van der Waals surface area contributed by atoms with Crippen LogP contribution in [-0.2, 0) is 21.2 Å². The first-order valence-corrected chi connectivity index (χ1v) is 9.73. The Morgan fingerprint density at radius 2 is 1.89 bits per heavy atom. The summed E-state index contributed by atoms with van der Waals surface area (Å²) in [7, 11) is -4.05. The number of nitrogens with one attached hydrogen (secondary N) is 1. The molecule has 0 atom stereocenters. The number of benzene rings is 2. The highest BCUT2D eigenvalue weighted by Crippen LogP contribution is 2.17. The molecule has 28 heavy (non-hydrogen) atoms. The van der Waals surface area contributed by atoms with E-state index in [2.05, 4.69) is 25.2 Å². The van der Waals surface area contributed by atoms with E-state index in [1.54, 1.807) is 36.5 Å². The van der Waals surface area contributed by atoms with Gasteiger partial charge >= 0.3 is 0 Å². The van der Waals surface area contributed by atoms with Gasteiger partial charge in [-0.3, -0.25) is 9.78 Å².